The van der Waals surface area contributed by atoms with E-state index in [1.54, 1.807) is 0 Å². The average molecular weight is 456 g/mol. The summed E-state index contributed by atoms with van der Waals surface area (Å²) >= 11 is 5.66. The molecule has 106 valence electrons. The molecule has 0 saturated heterocycles. The van der Waals surface area contributed by atoms with E-state index in [1.165, 1.54) is 0 Å². The van der Waals surface area contributed by atoms with Crippen molar-refractivity contribution < 1.29 is 9.26 Å². The Balaban J connectivity index is 1.71. The number of halogens is 2. The molecule has 5 heteroatoms. The lowest BCUT2D eigenvalue weighted by molar-refractivity contribution is 0.248. The largest absolute Gasteiger partial charge is 0.484 e. The molecular weight excluding hydrogens is 445 g/mol. The van der Waals surface area contributed by atoms with Crippen LogP contribution in [-0.2, 0) is 6.61 Å². The summed E-state index contributed by atoms with van der Waals surface area (Å²) < 4.78 is 13.2. The van der Waals surface area contributed by atoms with Crippen LogP contribution in [0.1, 0.15) is 5.76 Å². The van der Waals surface area contributed by atoms with E-state index in [-0.39, 0.29) is 0 Å². The fourth-order valence-corrected chi connectivity index (χ4v) is 2.66. The van der Waals surface area contributed by atoms with Crippen LogP contribution in [0.25, 0.3) is 11.3 Å². The van der Waals surface area contributed by atoms with Gasteiger partial charge in [-0.05, 0) is 46.9 Å². The van der Waals surface area contributed by atoms with Crippen LogP contribution >= 0.6 is 38.5 Å². The van der Waals surface area contributed by atoms with E-state index in [9.17, 15) is 0 Å². The normalized spacial score (nSPS) is 10.6. The highest BCUT2D eigenvalue weighted by Crippen LogP contribution is 2.24. The van der Waals surface area contributed by atoms with Crippen LogP contribution < -0.4 is 4.74 Å². The molecular formula is C16H11BrINO2. The van der Waals surface area contributed by atoms with E-state index in [0.29, 0.717) is 12.4 Å². The number of ether oxygens (including phenoxy) is 1. The van der Waals surface area contributed by atoms with E-state index in [2.05, 4.69) is 43.7 Å². The Morgan fingerprint density at radius 1 is 1.10 bits per heavy atom. The zero-order valence-electron chi connectivity index (χ0n) is 10.9. The van der Waals surface area contributed by atoms with E-state index < -0.39 is 0 Å². The molecule has 0 aliphatic carbocycles. The molecule has 0 N–H and O–H groups in total. The van der Waals surface area contributed by atoms with Gasteiger partial charge in [-0.25, -0.2) is 0 Å². The Hall–Kier alpha value is -1.34. The minimum absolute atomic E-state index is 0.365. The third kappa shape index (κ3) is 3.65. The van der Waals surface area contributed by atoms with E-state index in [0.717, 1.165) is 25.0 Å². The first-order valence-corrected chi connectivity index (χ1v) is 8.18. The second kappa shape index (κ2) is 6.62. The molecule has 21 heavy (non-hydrogen) atoms. The van der Waals surface area contributed by atoms with Gasteiger partial charge in [0.2, 0.25) is 0 Å². The monoisotopic (exact) mass is 455 g/mol. The van der Waals surface area contributed by atoms with Gasteiger partial charge in [0, 0.05) is 16.1 Å². The van der Waals surface area contributed by atoms with Crippen LogP contribution in [0.5, 0.6) is 5.75 Å². The SMILES string of the molecule is Brc1ccc(-c2cc(COc3ccccc3I)on2)cc1. The molecule has 0 radical (unpaired) electrons. The Labute approximate surface area is 144 Å². The second-order valence-corrected chi connectivity index (χ2v) is 6.48. The van der Waals surface area contributed by atoms with Crippen LogP contribution in [0.15, 0.2) is 63.6 Å². The Kier molecular flexibility index (Phi) is 4.60. The molecule has 0 amide bonds. The zero-order valence-corrected chi connectivity index (χ0v) is 14.7. The molecule has 0 unspecified atom stereocenters. The van der Waals surface area contributed by atoms with Crippen LogP contribution in [0.3, 0.4) is 0 Å². The number of nitrogens with zero attached hydrogens (tertiary/aromatic N) is 1. The maximum absolute atomic E-state index is 5.74. The first-order chi connectivity index (χ1) is 10.2. The summed E-state index contributed by atoms with van der Waals surface area (Å²) in [6, 6.07) is 17.7. The Morgan fingerprint density at radius 3 is 2.62 bits per heavy atom. The summed E-state index contributed by atoms with van der Waals surface area (Å²) in [6.07, 6.45) is 0. The molecule has 3 rings (SSSR count). The molecule has 0 fully saturated rings. The number of rotatable bonds is 4. The lowest BCUT2D eigenvalue weighted by Gasteiger charge is -2.04. The highest BCUT2D eigenvalue weighted by atomic mass is 127. The van der Waals surface area contributed by atoms with E-state index in [1.807, 2.05) is 54.6 Å². The number of benzene rings is 2. The molecule has 0 spiro atoms. The zero-order chi connectivity index (χ0) is 14.7. The minimum atomic E-state index is 0.365. The van der Waals surface area contributed by atoms with Crippen molar-refractivity contribution in [2.45, 2.75) is 6.61 Å². The van der Waals surface area contributed by atoms with E-state index in [4.69, 9.17) is 9.26 Å². The first-order valence-electron chi connectivity index (χ1n) is 6.31. The molecule has 0 bridgehead atoms. The number of aromatic nitrogens is 1. The van der Waals surface area contributed by atoms with Gasteiger partial charge in [0.25, 0.3) is 0 Å². The smallest absolute Gasteiger partial charge is 0.174 e. The summed E-state index contributed by atoms with van der Waals surface area (Å²) in [5, 5.41) is 4.08. The molecule has 0 aliphatic rings. The summed E-state index contributed by atoms with van der Waals surface area (Å²) in [5.41, 5.74) is 1.83. The minimum Gasteiger partial charge on any atom is -0.484 e. The lowest BCUT2D eigenvalue weighted by Crippen LogP contribution is -1.95. The van der Waals surface area contributed by atoms with Gasteiger partial charge in [0.1, 0.15) is 18.1 Å². The summed E-state index contributed by atoms with van der Waals surface area (Å²) in [4.78, 5) is 0. The van der Waals surface area contributed by atoms with Crippen LogP contribution in [-0.4, -0.2) is 5.16 Å². The standard InChI is InChI=1S/C16H11BrINO2/c17-12-7-5-11(6-8-12)15-9-13(21-19-15)10-20-16-4-2-1-3-14(16)18/h1-9H,10H2. The fourth-order valence-electron chi connectivity index (χ4n) is 1.85. The van der Waals surface area contributed by atoms with Gasteiger partial charge in [0.05, 0.1) is 3.57 Å². The molecule has 3 aromatic rings. The molecule has 0 aliphatic heterocycles. The van der Waals surface area contributed by atoms with Gasteiger partial charge in [0.15, 0.2) is 5.76 Å². The predicted octanol–water partition coefficient (Wildman–Crippen LogP) is 5.29. The van der Waals surface area contributed by atoms with Crippen molar-refractivity contribution in [1.29, 1.82) is 0 Å². The molecule has 0 atom stereocenters. The number of para-hydroxylation sites is 1. The maximum atomic E-state index is 5.74. The third-order valence-electron chi connectivity index (χ3n) is 2.91. The Morgan fingerprint density at radius 2 is 1.86 bits per heavy atom. The molecule has 1 heterocycles. The molecule has 2 aromatic carbocycles. The summed E-state index contributed by atoms with van der Waals surface area (Å²) in [7, 11) is 0. The highest BCUT2D eigenvalue weighted by Gasteiger charge is 2.08. The van der Waals surface area contributed by atoms with Crippen molar-refractivity contribution in [3.8, 4) is 17.0 Å². The van der Waals surface area contributed by atoms with Gasteiger partial charge < -0.3 is 9.26 Å². The number of hydrogen-bond donors (Lipinski definition) is 0. The van der Waals surface area contributed by atoms with Gasteiger partial charge in [-0.1, -0.05) is 45.4 Å². The van der Waals surface area contributed by atoms with Crippen molar-refractivity contribution >= 4 is 38.5 Å². The summed E-state index contributed by atoms with van der Waals surface area (Å²) in [5.74, 6) is 1.55. The fraction of sp³-hybridized carbons (Fsp3) is 0.0625. The Bertz CT molecular complexity index is 740. The van der Waals surface area contributed by atoms with Crippen LogP contribution in [0, 0.1) is 3.57 Å². The van der Waals surface area contributed by atoms with Gasteiger partial charge in [-0.15, -0.1) is 0 Å². The molecule has 3 nitrogen and oxygen atoms in total. The van der Waals surface area contributed by atoms with Crippen molar-refractivity contribution in [2.75, 3.05) is 0 Å². The second-order valence-electron chi connectivity index (χ2n) is 4.40. The van der Waals surface area contributed by atoms with Gasteiger partial charge >= 0.3 is 0 Å². The quantitative estimate of drug-likeness (QED) is 0.501. The summed E-state index contributed by atoms with van der Waals surface area (Å²) in [6.45, 7) is 0.365. The maximum Gasteiger partial charge on any atom is 0.174 e. The van der Waals surface area contributed by atoms with Crippen molar-refractivity contribution in [3.63, 3.8) is 0 Å². The van der Waals surface area contributed by atoms with Crippen molar-refractivity contribution in [3.05, 3.63) is 68.4 Å². The lowest BCUT2D eigenvalue weighted by atomic mass is 10.1. The van der Waals surface area contributed by atoms with Crippen molar-refractivity contribution in [1.82, 2.24) is 5.16 Å². The average Bonchev–Trinajstić information content (AvgIpc) is 2.96. The van der Waals surface area contributed by atoms with E-state index >= 15 is 0 Å². The number of hydrogen-bond acceptors (Lipinski definition) is 3. The van der Waals surface area contributed by atoms with Crippen LogP contribution in [0.2, 0.25) is 0 Å². The topological polar surface area (TPSA) is 35.3 Å². The van der Waals surface area contributed by atoms with Gasteiger partial charge in [-0.3, -0.25) is 0 Å². The highest BCUT2D eigenvalue weighted by molar-refractivity contribution is 14.1. The predicted molar refractivity (Wildman–Crippen MR) is 93.1 cm³/mol. The first kappa shape index (κ1) is 14.6. The van der Waals surface area contributed by atoms with Gasteiger partial charge in [-0.2, -0.15) is 0 Å². The third-order valence-corrected chi connectivity index (χ3v) is 4.33. The van der Waals surface area contributed by atoms with Crippen molar-refractivity contribution in [2.24, 2.45) is 0 Å². The van der Waals surface area contributed by atoms with Crippen LogP contribution in [0.4, 0.5) is 0 Å². The molecule has 0 saturated carbocycles. The molecule has 1 aromatic heterocycles.